The number of nitrogens with one attached hydrogen (secondary N) is 1. The number of hydrogen-bond donors (Lipinski definition) is 1. The Labute approximate surface area is 162 Å². The first kappa shape index (κ1) is 21.9. The Morgan fingerprint density at radius 3 is 2.31 bits per heavy atom. The molecule has 1 amide bonds. The van der Waals surface area contributed by atoms with E-state index in [-0.39, 0.29) is 11.3 Å². The molecule has 1 aromatic heterocycles. The number of amides is 1. The molecule has 1 atom stereocenters. The highest BCUT2D eigenvalue weighted by molar-refractivity contribution is 5.98. The fourth-order valence-electron chi connectivity index (χ4n) is 2.59. The SMILES string of the molecule is Cc1oc(C)c(C(=O)O[C@H](C)C(=O)Nc2ccc([N+](=O)[O-])cc2C(F)(F)F)c1C. The summed E-state index contributed by atoms with van der Waals surface area (Å²) in [6, 6.07) is 1.90. The van der Waals surface area contributed by atoms with Crippen LogP contribution in [0.25, 0.3) is 0 Å². The molecule has 29 heavy (non-hydrogen) atoms. The molecule has 8 nitrogen and oxygen atoms in total. The number of carbonyl (C=O) groups is 2. The molecule has 0 aliphatic heterocycles. The number of hydrogen-bond acceptors (Lipinski definition) is 6. The predicted octanol–water partition coefficient (Wildman–Crippen LogP) is 4.32. The molecule has 1 aromatic carbocycles. The number of non-ortho nitro benzene ring substituents is 1. The van der Waals surface area contributed by atoms with Crippen molar-refractivity contribution in [3.8, 4) is 0 Å². The smallest absolute Gasteiger partial charge is 0.418 e. The van der Waals surface area contributed by atoms with Gasteiger partial charge in [0.1, 0.15) is 17.1 Å². The van der Waals surface area contributed by atoms with E-state index in [1.807, 2.05) is 5.32 Å². The van der Waals surface area contributed by atoms with Gasteiger partial charge in [-0.15, -0.1) is 0 Å². The number of aryl methyl sites for hydroxylation is 2. The van der Waals surface area contributed by atoms with Crippen LogP contribution in [0, 0.1) is 30.9 Å². The number of carbonyl (C=O) groups excluding carboxylic acids is 2. The summed E-state index contributed by atoms with van der Waals surface area (Å²) in [7, 11) is 0. The van der Waals surface area contributed by atoms with Crippen molar-refractivity contribution in [3.63, 3.8) is 0 Å². The summed E-state index contributed by atoms with van der Waals surface area (Å²) in [5, 5.41) is 12.7. The van der Waals surface area contributed by atoms with E-state index in [4.69, 9.17) is 9.15 Å². The van der Waals surface area contributed by atoms with Crippen LogP contribution in [-0.4, -0.2) is 22.9 Å². The Morgan fingerprint density at radius 2 is 1.83 bits per heavy atom. The van der Waals surface area contributed by atoms with Crippen molar-refractivity contribution in [2.24, 2.45) is 0 Å². The lowest BCUT2D eigenvalue weighted by Gasteiger charge is -2.17. The predicted molar refractivity (Wildman–Crippen MR) is 94.5 cm³/mol. The van der Waals surface area contributed by atoms with E-state index in [0.717, 1.165) is 12.1 Å². The third-order valence-corrected chi connectivity index (χ3v) is 4.20. The molecule has 1 N–H and O–H groups in total. The number of halogens is 3. The van der Waals surface area contributed by atoms with Crippen molar-refractivity contribution >= 4 is 23.3 Å². The summed E-state index contributed by atoms with van der Waals surface area (Å²) >= 11 is 0. The van der Waals surface area contributed by atoms with E-state index in [1.54, 1.807) is 13.8 Å². The van der Waals surface area contributed by atoms with Crippen LogP contribution in [0.3, 0.4) is 0 Å². The monoisotopic (exact) mass is 414 g/mol. The lowest BCUT2D eigenvalue weighted by atomic mass is 10.1. The van der Waals surface area contributed by atoms with Crippen LogP contribution in [0.1, 0.15) is 39.9 Å². The lowest BCUT2D eigenvalue weighted by molar-refractivity contribution is -0.385. The summed E-state index contributed by atoms with van der Waals surface area (Å²) in [6.45, 7) is 5.99. The highest BCUT2D eigenvalue weighted by atomic mass is 19.4. The number of esters is 1. The highest BCUT2D eigenvalue weighted by Crippen LogP contribution is 2.37. The molecule has 2 aromatic rings. The van der Waals surface area contributed by atoms with Gasteiger partial charge in [-0.1, -0.05) is 0 Å². The molecule has 0 bridgehead atoms. The maximum absolute atomic E-state index is 13.2. The third kappa shape index (κ3) is 4.73. The normalized spacial score (nSPS) is 12.4. The minimum Gasteiger partial charge on any atom is -0.465 e. The molecule has 0 aliphatic rings. The van der Waals surface area contributed by atoms with Gasteiger partial charge in [0.25, 0.3) is 11.6 Å². The van der Waals surface area contributed by atoms with Crippen LogP contribution in [0.5, 0.6) is 0 Å². The molecule has 2 rings (SSSR count). The molecule has 0 unspecified atom stereocenters. The zero-order valence-corrected chi connectivity index (χ0v) is 15.8. The van der Waals surface area contributed by atoms with Crippen LogP contribution in [0.4, 0.5) is 24.5 Å². The van der Waals surface area contributed by atoms with Crippen molar-refractivity contribution in [2.45, 2.75) is 40.0 Å². The topological polar surface area (TPSA) is 112 Å². The quantitative estimate of drug-likeness (QED) is 0.443. The van der Waals surface area contributed by atoms with E-state index in [0.29, 0.717) is 17.4 Å². The Hall–Kier alpha value is -3.37. The van der Waals surface area contributed by atoms with Crippen LogP contribution in [-0.2, 0) is 15.7 Å². The lowest BCUT2D eigenvalue weighted by Crippen LogP contribution is -2.31. The van der Waals surface area contributed by atoms with E-state index < -0.39 is 46.0 Å². The molecule has 0 saturated carbocycles. The van der Waals surface area contributed by atoms with Crippen molar-refractivity contribution in [2.75, 3.05) is 5.32 Å². The van der Waals surface area contributed by atoms with Gasteiger partial charge in [0.15, 0.2) is 6.10 Å². The number of nitro groups is 1. The van der Waals surface area contributed by atoms with Gasteiger partial charge in [-0.2, -0.15) is 13.2 Å². The van der Waals surface area contributed by atoms with Gasteiger partial charge in [-0.3, -0.25) is 14.9 Å². The number of furan rings is 1. The van der Waals surface area contributed by atoms with Crippen LogP contribution >= 0.6 is 0 Å². The second kappa shape index (κ2) is 7.94. The van der Waals surface area contributed by atoms with E-state index in [9.17, 15) is 32.9 Å². The fourth-order valence-corrected chi connectivity index (χ4v) is 2.59. The molecule has 0 spiro atoms. The first-order valence-corrected chi connectivity index (χ1v) is 8.27. The van der Waals surface area contributed by atoms with Gasteiger partial charge in [0.05, 0.1) is 16.2 Å². The zero-order chi connectivity index (χ0) is 22.1. The van der Waals surface area contributed by atoms with Gasteiger partial charge < -0.3 is 14.5 Å². The molecule has 0 aliphatic carbocycles. The molecule has 11 heteroatoms. The number of alkyl halides is 3. The molecular formula is C18H17F3N2O6. The number of ether oxygens (including phenoxy) is 1. The molecule has 1 heterocycles. The number of benzene rings is 1. The second-order valence-corrected chi connectivity index (χ2v) is 6.24. The first-order chi connectivity index (χ1) is 13.3. The maximum atomic E-state index is 13.2. The van der Waals surface area contributed by atoms with Crippen LogP contribution in [0.2, 0.25) is 0 Å². The highest BCUT2D eigenvalue weighted by Gasteiger charge is 2.36. The summed E-state index contributed by atoms with van der Waals surface area (Å²) in [5.74, 6) is -1.12. The summed E-state index contributed by atoms with van der Waals surface area (Å²) in [4.78, 5) is 34.3. The van der Waals surface area contributed by atoms with Gasteiger partial charge in [-0.25, -0.2) is 4.79 Å². The molecule has 156 valence electrons. The average Bonchev–Trinajstić information content (AvgIpc) is 2.85. The number of nitro benzene ring substituents is 1. The summed E-state index contributed by atoms with van der Waals surface area (Å²) in [6.07, 6.45) is -6.38. The van der Waals surface area contributed by atoms with Crippen molar-refractivity contribution in [1.82, 2.24) is 0 Å². The van der Waals surface area contributed by atoms with Crippen molar-refractivity contribution in [3.05, 3.63) is 56.5 Å². The maximum Gasteiger partial charge on any atom is 0.418 e. The zero-order valence-electron chi connectivity index (χ0n) is 15.8. The van der Waals surface area contributed by atoms with Gasteiger partial charge in [0.2, 0.25) is 0 Å². The molecule has 0 fully saturated rings. The largest absolute Gasteiger partial charge is 0.465 e. The summed E-state index contributed by atoms with van der Waals surface area (Å²) < 4.78 is 49.9. The van der Waals surface area contributed by atoms with E-state index >= 15 is 0 Å². The van der Waals surface area contributed by atoms with Crippen molar-refractivity contribution < 1.29 is 36.8 Å². The second-order valence-electron chi connectivity index (χ2n) is 6.24. The molecule has 0 saturated heterocycles. The third-order valence-electron chi connectivity index (χ3n) is 4.20. The van der Waals surface area contributed by atoms with E-state index in [1.165, 1.54) is 13.8 Å². The van der Waals surface area contributed by atoms with Crippen molar-refractivity contribution in [1.29, 1.82) is 0 Å². The van der Waals surface area contributed by atoms with Crippen LogP contribution < -0.4 is 5.32 Å². The number of rotatable bonds is 5. The van der Waals surface area contributed by atoms with Gasteiger partial charge in [0, 0.05) is 17.7 Å². The Bertz CT molecular complexity index is 981. The molecular weight excluding hydrogens is 397 g/mol. The van der Waals surface area contributed by atoms with Crippen LogP contribution in [0.15, 0.2) is 22.6 Å². The Kier molecular flexibility index (Phi) is 6.00. The Balaban J connectivity index is 2.21. The minimum atomic E-state index is -4.95. The minimum absolute atomic E-state index is 0.133. The van der Waals surface area contributed by atoms with Gasteiger partial charge in [-0.05, 0) is 33.8 Å². The standard InChI is InChI=1S/C18H17F3N2O6/c1-8-9(2)28-10(3)15(8)17(25)29-11(4)16(24)22-14-6-5-12(23(26)27)7-13(14)18(19,20)21/h5-7,11H,1-4H3,(H,22,24)/t11-/m1/s1. The Morgan fingerprint density at radius 1 is 1.21 bits per heavy atom. The van der Waals surface area contributed by atoms with Gasteiger partial charge >= 0.3 is 12.1 Å². The number of anilines is 1. The molecule has 0 radical (unpaired) electrons. The fraction of sp³-hybridized carbons (Fsp3) is 0.333. The first-order valence-electron chi connectivity index (χ1n) is 8.27. The summed E-state index contributed by atoms with van der Waals surface area (Å²) in [5.41, 5.74) is -2.21. The number of nitrogens with zero attached hydrogens (tertiary/aromatic N) is 1. The average molecular weight is 414 g/mol. The van der Waals surface area contributed by atoms with E-state index in [2.05, 4.69) is 0 Å².